The van der Waals surface area contributed by atoms with Gasteiger partial charge in [-0.15, -0.1) is 0 Å². The van der Waals surface area contributed by atoms with E-state index in [4.69, 9.17) is 0 Å². The standard InChI is InChI=1S/C16H28O/c1-8-16(15(5,6)7)11-9-10-12(13(16)17)14(2,3)4/h9-11,13,17H,8H2,1-7H3. The van der Waals surface area contributed by atoms with E-state index in [1.54, 1.807) is 0 Å². The molecular formula is C16H28O. The molecule has 17 heavy (non-hydrogen) atoms. The molecule has 0 aromatic heterocycles. The van der Waals surface area contributed by atoms with Gasteiger partial charge in [-0.2, -0.15) is 0 Å². The highest BCUT2D eigenvalue weighted by Gasteiger charge is 2.48. The van der Waals surface area contributed by atoms with Crippen LogP contribution < -0.4 is 0 Å². The predicted octanol–water partition coefficient (Wildman–Crippen LogP) is 4.33. The van der Waals surface area contributed by atoms with Crippen LogP contribution in [0.3, 0.4) is 0 Å². The van der Waals surface area contributed by atoms with E-state index in [2.05, 4.69) is 66.7 Å². The summed E-state index contributed by atoms with van der Waals surface area (Å²) >= 11 is 0. The zero-order valence-corrected chi connectivity index (χ0v) is 12.5. The lowest BCUT2D eigenvalue weighted by atomic mass is 9.57. The molecule has 0 heterocycles. The molecule has 0 saturated heterocycles. The fourth-order valence-electron chi connectivity index (χ4n) is 2.95. The van der Waals surface area contributed by atoms with Gasteiger partial charge in [0.1, 0.15) is 0 Å². The maximum Gasteiger partial charge on any atom is 0.0853 e. The molecule has 0 radical (unpaired) electrons. The lowest BCUT2D eigenvalue weighted by Gasteiger charge is -2.50. The van der Waals surface area contributed by atoms with Crippen LogP contribution in [0.4, 0.5) is 0 Å². The van der Waals surface area contributed by atoms with E-state index in [9.17, 15) is 5.11 Å². The van der Waals surface area contributed by atoms with Crippen LogP contribution in [0.1, 0.15) is 54.9 Å². The van der Waals surface area contributed by atoms with Crippen molar-refractivity contribution >= 4 is 0 Å². The molecule has 1 aliphatic carbocycles. The summed E-state index contributed by atoms with van der Waals surface area (Å²) in [5, 5.41) is 10.8. The van der Waals surface area contributed by atoms with Crippen molar-refractivity contribution in [2.75, 3.05) is 0 Å². The molecule has 0 saturated carbocycles. The third-order valence-corrected chi connectivity index (χ3v) is 4.30. The molecule has 0 aliphatic heterocycles. The Hall–Kier alpha value is -0.560. The van der Waals surface area contributed by atoms with Gasteiger partial charge in [0.05, 0.1) is 6.10 Å². The predicted molar refractivity (Wildman–Crippen MR) is 74.9 cm³/mol. The van der Waals surface area contributed by atoms with Gasteiger partial charge in [-0.3, -0.25) is 0 Å². The summed E-state index contributed by atoms with van der Waals surface area (Å²) in [5.74, 6) is 0. The molecule has 1 N–H and O–H groups in total. The largest absolute Gasteiger partial charge is 0.388 e. The third-order valence-electron chi connectivity index (χ3n) is 4.30. The van der Waals surface area contributed by atoms with Gasteiger partial charge in [-0.05, 0) is 22.8 Å². The molecule has 0 spiro atoms. The topological polar surface area (TPSA) is 20.2 Å². The van der Waals surface area contributed by atoms with Crippen molar-refractivity contribution in [3.63, 3.8) is 0 Å². The monoisotopic (exact) mass is 236 g/mol. The van der Waals surface area contributed by atoms with Crippen LogP contribution in [0.5, 0.6) is 0 Å². The molecule has 0 aromatic rings. The molecule has 1 aliphatic rings. The smallest absolute Gasteiger partial charge is 0.0853 e. The quantitative estimate of drug-likeness (QED) is 0.718. The van der Waals surface area contributed by atoms with Gasteiger partial charge in [0.2, 0.25) is 0 Å². The Balaban J connectivity index is 3.25. The first kappa shape index (κ1) is 14.5. The summed E-state index contributed by atoms with van der Waals surface area (Å²) in [6.07, 6.45) is 7.00. The van der Waals surface area contributed by atoms with Crippen LogP contribution in [0.2, 0.25) is 0 Å². The number of rotatable bonds is 1. The maximum absolute atomic E-state index is 10.8. The van der Waals surface area contributed by atoms with Gasteiger partial charge < -0.3 is 5.11 Å². The van der Waals surface area contributed by atoms with Gasteiger partial charge >= 0.3 is 0 Å². The Morgan fingerprint density at radius 2 is 1.71 bits per heavy atom. The van der Waals surface area contributed by atoms with E-state index >= 15 is 0 Å². The van der Waals surface area contributed by atoms with Crippen LogP contribution in [-0.2, 0) is 0 Å². The average Bonchev–Trinajstić information content (AvgIpc) is 2.14. The minimum absolute atomic E-state index is 0.0237. The number of allylic oxidation sites excluding steroid dienone is 2. The van der Waals surface area contributed by atoms with E-state index in [0.29, 0.717) is 0 Å². The van der Waals surface area contributed by atoms with E-state index in [1.165, 1.54) is 0 Å². The Morgan fingerprint density at radius 1 is 1.18 bits per heavy atom. The first-order chi connectivity index (χ1) is 7.56. The average molecular weight is 236 g/mol. The Bertz CT molecular complexity index is 336. The molecule has 1 rings (SSSR count). The molecule has 98 valence electrons. The molecule has 0 bridgehead atoms. The van der Waals surface area contributed by atoms with Crippen LogP contribution in [0, 0.1) is 16.2 Å². The van der Waals surface area contributed by atoms with Crippen molar-refractivity contribution in [1.29, 1.82) is 0 Å². The van der Waals surface area contributed by atoms with Gasteiger partial charge in [0.15, 0.2) is 0 Å². The molecule has 1 heteroatoms. The van der Waals surface area contributed by atoms with Crippen molar-refractivity contribution in [2.45, 2.75) is 61.0 Å². The van der Waals surface area contributed by atoms with Crippen LogP contribution >= 0.6 is 0 Å². The molecular weight excluding hydrogens is 208 g/mol. The fraction of sp³-hybridized carbons (Fsp3) is 0.750. The van der Waals surface area contributed by atoms with Crippen molar-refractivity contribution in [3.8, 4) is 0 Å². The lowest BCUT2D eigenvalue weighted by molar-refractivity contribution is -0.00944. The number of hydrogen-bond acceptors (Lipinski definition) is 1. The number of hydrogen-bond donors (Lipinski definition) is 1. The summed E-state index contributed by atoms with van der Waals surface area (Å²) in [5.41, 5.74) is 1.08. The molecule has 0 aromatic carbocycles. The zero-order valence-electron chi connectivity index (χ0n) is 12.5. The summed E-state index contributed by atoms with van der Waals surface area (Å²) in [7, 11) is 0. The molecule has 0 amide bonds. The number of aliphatic hydroxyl groups excluding tert-OH is 1. The van der Waals surface area contributed by atoms with Crippen molar-refractivity contribution in [3.05, 3.63) is 23.8 Å². The minimum atomic E-state index is -0.377. The normalized spacial score (nSPS) is 30.4. The number of aliphatic hydroxyl groups is 1. The second-order valence-corrected chi connectivity index (χ2v) is 7.28. The highest BCUT2D eigenvalue weighted by Crippen LogP contribution is 2.51. The van der Waals surface area contributed by atoms with Gasteiger partial charge in [-0.25, -0.2) is 0 Å². The second-order valence-electron chi connectivity index (χ2n) is 7.28. The van der Waals surface area contributed by atoms with Gasteiger partial charge in [-0.1, -0.05) is 66.7 Å². The molecule has 1 nitrogen and oxygen atoms in total. The fourth-order valence-corrected chi connectivity index (χ4v) is 2.95. The highest BCUT2D eigenvalue weighted by molar-refractivity contribution is 5.33. The second kappa shape index (κ2) is 4.28. The summed E-state index contributed by atoms with van der Waals surface area (Å²) in [6.45, 7) is 15.3. The third kappa shape index (κ3) is 2.35. The van der Waals surface area contributed by atoms with Crippen LogP contribution in [0.15, 0.2) is 23.8 Å². The van der Waals surface area contributed by atoms with Crippen LogP contribution in [0.25, 0.3) is 0 Å². The van der Waals surface area contributed by atoms with E-state index < -0.39 is 0 Å². The Labute approximate surface area is 107 Å². The highest BCUT2D eigenvalue weighted by atomic mass is 16.3. The first-order valence-electron chi connectivity index (χ1n) is 6.64. The lowest BCUT2D eigenvalue weighted by Crippen LogP contribution is -2.47. The van der Waals surface area contributed by atoms with E-state index in [0.717, 1.165) is 12.0 Å². The summed E-state index contributed by atoms with van der Waals surface area (Å²) < 4.78 is 0. The van der Waals surface area contributed by atoms with Gasteiger partial charge in [0.25, 0.3) is 0 Å². The Kier molecular flexibility index (Phi) is 3.65. The van der Waals surface area contributed by atoms with Crippen molar-refractivity contribution in [2.24, 2.45) is 16.2 Å². The van der Waals surface area contributed by atoms with Crippen LogP contribution in [-0.4, -0.2) is 11.2 Å². The Morgan fingerprint density at radius 3 is 2.06 bits per heavy atom. The molecule has 2 unspecified atom stereocenters. The first-order valence-corrected chi connectivity index (χ1v) is 6.64. The van der Waals surface area contributed by atoms with Gasteiger partial charge in [0, 0.05) is 5.41 Å². The SMILES string of the molecule is CCC1(C(C)(C)C)C=CC=C(C(C)(C)C)C1O. The van der Waals surface area contributed by atoms with E-state index in [-0.39, 0.29) is 22.3 Å². The van der Waals surface area contributed by atoms with Crippen molar-refractivity contribution in [1.82, 2.24) is 0 Å². The zero-order chi connectivity index (χ0) is 13.5. The van der Waals surface area contributed by atoms with E-state index in [1.807, 2.05) is 0 Å². The summed E-state index contributed by atoms with van der Waals surface area (Å²) in [6, 6.07) is 0. The maximum atomic E-state index is 10.8. The summed E-state index contributed by atoms with van der Waals surface area (Å²) in [4.78, 5) is 0. The minimum Gasteiger partial charge on any atom is -0.388 e. The molecule has 2 atom stereocenters. The molecule has 0 fully saturated rings. The van der Waals surface area contributed by atoms with Crippen molar-refractivity contribution < 1.29 is 5.11 Å².